The summed E-state index contributed by atoms with van der Waals surface area (Å²) in [4.78, 5) is 50.8. The first-order valence-corrected chi connectivity index (χ1v) is 16.9. The van der Waals surface area contributed by atoms with Gasteiger partial charge < -0.3 is 29.5 Å². The molecule has 0 radical (unpaired) electrons. The zero-order chi connectivity index (χ0) is 32.2. The molecule has 2 fully saturated rings. The summed E-state index contributed by atoms with van der Waals surface area (Å²) in [5, 5.41) is 27.7. The van der Waals surface area contributed by atoms with Crippen LogP contribution in [-0.2, 0) is 33.4 Å². The second-order valence-corrected chi connectivity index (χ2v) is 11.9. The van der Waals surface area contributed by atoms with E-state index >= 15 is 0 Å². The highest BCUT2D eigenvalue weighted by Gasteiger charge is 2.54. The van der Waals surface area contributed by atoms with E-state index in [1.807, 2.05) is 0 Å². The Morgan fingerprint density at radius 1 is 0.841 bits per heavy atom. The van der Waals surface area contributed by atoms with E-state index in [0.29, 0.717) is 6.42 Å². The zero-order valence-corrected chi connectivity index (χ0v) is 26.6. The van der Waals surface area contributed by atoms with Gasteiger partial charge in [0, 0.05) is 0 Å². The Kier molecular flexibility index (Phi) is 18.9. The van der Waals surface area contributed by atoms with Crippen LogP contribution in [0.2, 0.25) is 0 Å². The molecule has 0 aliphatic carbocycles. The lowest BCUT2D eigenvalue weighted by atomic mass is 10.0. The number of carbonyl (C=O) groups is 4. The van der Waals surface area contributed by atoms with Crippen molar-refractivity contribution in [1.82, 2.24) is 4.90 Å². The highest BCUT2D eigenvalue weighted by atomic mass is 16.6. The number of aliphatic hydroxyl groups excluding tert-OH is 3. The van der Waals surface area contributed by atoms with E-state index in [9.17, 15) is 29.4 Å². The van der Waals surface area contributed by atoms with E-state index < -0.39 is 55.6 Å². The summed E-state index contributed by atoms with van der Waals surface area (Å²) in [6.45, 7) is 0.898. The summed E-state index contributed by atoms with van der Waals surface area (Å²) in [6.07, 6.45) is 19.1. The molecule has 0 bridgehead atoms. The van der Waals surface area contributed by atoms with Crippen LogP contribution >= 0.6 is 0 Å². The van der Waals surface area contributed by atoms with E-state index in [4.69, 9.17) is 14.6 Å². The lowest BCUT2D eigenvalue weighted by Gasteiger charge is -2.34. The van der Waals surface area contributed by atoms with Crippen molar-refractivity contribution in [2.24, 2.45) is 0 Å². The number of nitrogens with zero attached hydrogens (tertiary/aromatic N) is 1. The predicted molar refractivity (Wildman–Crippen MR) is 163 cm³/mol. The molecule has 4 atom stereocenters. The molecule has 2 aliphatic heterocycles. The summed E-state index contributed by atoms with van der Waals surface area (Å²) in [5.41, 5.74) is 0. The fourth-order valence-corrected chi connectivity index (χ4v) is 5.62. The third-order valence-electron chi connectivity index (χ3n) is 8.27. The maximum absolute atomic E-state index is 13.0. The first-order chi connectivity index (χ1) is 21.3. The van der Waals surface area contributed by atoms with Crippen LogP contribution in [-0.4, -0.2) is 81.7 Å². The third-order valence-corrected chi connectivity index (χ3v) is 8.27. The van der Waals surface area contributed by atoms with Crippen molar-refractivity contribution in [3.8, 4) is 0 Å². The van der Waals surface area contributed by atoms with Crippen LogP contribution in [0.3, 0.4) is 0 Å². The molecule has 0 saturated carbocycles. The van der Waals surface area contributed by atoms with E-state index in [0.717, 1.165) is 25.7 Å². The number of hydrogen-bond acceptors (Lipinski definition) is 10. The average Bonchev–Trinajstić information content (AvgIpc) is 3.30. The molecule has 3 N–H and O–H groups in total. The molecular formula is C33H55NO10. The Labute approximate surface area is 262 Å². The van der Waals surface area contributed by atoms with Gasteiger partial charge >= 0.3 is 17.9 Å². The Morgan fingerprint density at radius 2 is 1.34 bits per heavy atom. The Hall–Kier alpha value is -2.50. The van der Waals surface area contributed by atoms with E-state index in [2.05, 4.69) is 11.7 Å². The van der Waals surface area contributed by atoms with Gasteiger partial charge in [-0.1, -0.05) is 116 Å². The number of β-lactam (4-membered cyclic amide) rings is 1. The second kappa shape index (κ2) is 22.1. The quantitative estimate of drug-likeness (QED) is 0.0567. The van der Waals surface area contributed by atoms with Gasteiger partial charge in [0.25, 0.3) is 0 Å². The first kappa shape index (κ1) is 37.7. The SMILES string of the molecule is CCCCCCCCCCCCCCCCCCCCC(OC(=O)[C@H]1/C(=C/CO)O[C@@H]2CC(=O)N21)C(=O)OC(=O)C(O)CO. The molecule has 1 amide bonds. The summed E-state index contributed by atoms with van der Waals surface area (Å²) in [6, 6.07) is -1.25. The molecule has 11 heteroatoms. The molecule has 2 saturated heterocycles. The fourth-order valence-electron chi connectivity index (χ4n) is 5.62. The molecule has 2 heterocycles. The predicted octanol–water partition coefficient (Wildman–Crippen LogP) is 4.59. The maximum atomic E-state index is 13.0. The largest absolute Gasteiger partial charge is 0.472 e. The van der Waals surface area contributed by atoms with E-state index in [-0.39, 0.29) is 24.5 Å². The lowest BCUT2D eigenvalue weighted by molar-refractivity contribution is -0.181. The minimum atomic E-state index is -1.90. The Morgan fingerprint density at radius 3 is 1.80 bits per heavy atom. The number of fused-ring (bicyclic) bond motifs is 1. The van der Waals surface area contributed by atoms with Crippen molar-refractivity contribution in [2.45, 2.75) is 160 Å². The molecule has 0 spiro atoms. The van der Waals surface area contributed by atoms with Gasteiger partial charge in [-0.15, -0.1) is 0 Å². The number of carbonyl (C=O) groups excluding carboxylic acids is 4. The van der Waals surface area contributed by atoms with Crippen LogP contribution in [0.25, 0.3) is 0 Å². The molecule has 11 nitrogen and oxygen atoms in total. The summed E-state index contributed by atoms with van der Waals surface area (Å²) < 4.78 is 15.6. The molecule has 0 aromatic heterocycles. The number of esters is 3. The van der Waals surface area contributed by atoms with E-state index in [1.54, 1.807) is 0 Å². The van der Waals surface area contributed by atoms with Gasteiger partial charge in [0.1, 0.15) is 5.76 Å². The Balaban J connectivity index is 1.67. The first-order valence-electron chi connectivity index (χ1n) is 16.9. The van der Waals surface area contributed by atoms with Crippen molar-refractivity contribution >= 4 is 23.8 Å². The van der Waals surface area contributed by atoms with Crippen molar-refractivity contribution in [3.63, 3.8) is 0 Å². The van der Waals surface area contributed by atoms with Crippen LogP contribution in [0, 0.1) is 0 Å². The van der Waals surface area contributed by atoms with Gasteiger partial charge in [-0.2, -0.15) is 0 Å². The average molecular weight is 626 g/mol. The van der Waals surface area contributed by atoms with Gasteiger partial charge in [0.05, 0.1) is 19.6 Å². The van der Waals surface area contributed by atoms with Crippen molar-refractivity contribution in [1.29, 1.82) is 0 Å². The summed E-state index contributed by atoms with van der Waals surface area (Å²) in [5.74, 6) is -3.73. The van der Waals surface area contributed by atoms with Crippen LogP contribution in [0.4, 0.5) is 0 Å². The zero-order valence-electron chi connectivity index (χ0n) is 26.6. The van der Waals surface area contributed by atoms with Crippen molar-refractivity contribution < 1.29 is 48.7 Å². The standard InChI is InChI=1S/C33H55NO10/c1-2-3-4-5-6-7-8-9-10-11-12-13-14-15-16-17-18-19-20-27(32(40)44-31(39)25(37)24-36)43-33(41)30-26(21-22-35)42-29-23-28(38)34(29)30/h21,25,27,29-30,35-37H,2-20,22-24H2,1H3/b26-21-/t25?,27?,29-,30-/m1/s1. The van der Waals surface area contributed by atoms with Gasteiger partial charge in [0.15, 0.2) is 24.5 Å². The van der Waals surface area contributed by atoms with Crippen LogP contribution in [0.1, 0.15) is 135 Å². The number of ether oxygens (including phenoxy) is 3. The topological polar surface area (TPSA) is 160 Å². The van der Waals surface area contributed by atoms with Gasteiger partial charge in [-0.05, 0) is 18.9 Å². The molecule has 252 valence electrons. The number of hydrogen-bond donors (Lipinski definition) is 3. The fraction of sp³-hybridized carbons (Fsp3) is 0.818. The van der Waals surface area contributed by atoms with Crippen LogP contribution in [0.15, 0.2) is 11.8 Å². The number of aliphatic hydroxyl groups is 3. The summed E-state index contributed by atoms with van der Waals surface area (Å²) >= 11 is 0. The number of amides is 1. The minimum absolute atomic E-state index is 0.0559. The van der Waals surface area contributed by atoms with E-state index in [1.165, 1.54) is 94.4 Å². The number of rotatable bonds is 25. The lowest BCUT2D eigenvalue weighted by Crippen LogP contribution is -2.55. The maximum Gasteiger partial charge on any atom is 0.355 e. The molecule has 0 aromatic carbocycles. The molecule has 44 heavy (non-hydrogen) atoms. The van der Waals surface area contributed by atoms with Gasteiger partial charge in [-0.25, -0.2) is 14.4 Å². The molecule has 2 rings (SSSR count). The highest BCUT2D eigenvalue weighted by molar-refractivity contribution is 5.94. The smallest absolute Gasteiger partial charge is 0.355 e. The molecular weight excluding hydrogens is 570 g/mol. The van der Waals surface area contributed by atoms with Crippen LogP contribution in [0.5, 0.6) is 0 Å². The van der Waals surface area contributed by atoms with Crippen LogP contribution < -0.4 is 0 Å². The molecule has 0 aromatic rings. The molecule has 2 aliphatic rings. The van der Waals surface area contributed by atoms with Crippen molar-refractivity contribution in [3.05, 3.63) is 11.8 Å². The second-order valence-electron chi connectivity index (χ2n) is 11.9. The molecule has 2 unspecified atom stereocenters. The highest BCUT2D eigenvalue weighted by Crippen LogP contribution is 2.37. The summed E-state index contributed by atoms with van der Waals surface area (Å²) in [7, 11) is 0. The normalized spacial score (nSPS) is 19.7. The van der Waals surface area contributed by atoms with Crippen molar-refractivity contribution in [2.75, 3.05) is 13.2 Å². The third kappa shape index (κ3) is 13.2. The Bertz CT molecular complexity index is 907. The number of unbranched alkanes of at least 4 members (excludes halogenated alkanes) is 17. The minimum Gasteiger partial charge on any atom is -0.472 e. The van der Waals surface area contributed by atoms with Gasteiger partial charge in [0.2, 0.25) is 5.91 Å². The monoisotopic (exact) mass is 625 g/mol. The van der Waals surface area contributed by atoms with Gasteiger partial charge in [-0.3, -0.25) is 9.69 Å².